The molecule has 3 N–H and O–H groups in total. The zero-order valence-corrected chi connectivity index (χ0v) is 17.8. The Kier molecular flexibility index (Phi) is 8.32. The number of amides is 2. The maximum atomic E-state index is 13.2. The van der Waals surface area contributed by atoms with E-state index in [1.54, 1.807) is 4.90 Å². The fraction of sp³-hybridized carbons (Fsp3) is 0.636. The molecule has 2 aliphatic rings. The van der Waals surface area contributed by atoms with E-state index in [4.69, 9.17) is 5.73 Å². The van der Waals surface area contributed by atoms with Crippen molar-refractivity contribution in [3.63, 3.8) is 0 Å². The van der Waals surface area contributed by atoms with Crippen molar-refractivity contribution in [2.24, 2.45) is 23.5 Å². The van der Waals surface area contributed by atoms with Gasteiger partial charge in [-0.05, 0) is 62.5 Å². The first-order chi connectivity index (χ1) is 13.0. The van der Waals surface area contributed by atoms with Crippen molar-refractivity contribution in [1.82, 2.24) is 4.90 Å². The summed E-state index contributed by atoms with van der Waals surface area (Å²) in [6, 6.07) is 7.97. The predicted octanol–water partition coefficient (Wildman–Crippen LogP) is 3.75. The zero-order valence-electron chi connectivity index (χ0n) is 17.0. The highest BCUT2D eigenvalue weighted by molar-refractivity contribution is 5.95. The number of carbonyl (C=O) groups excluding carboxylic acids is 2. The number of nitrogens with two attached hydrogens (primary N) is 1. The first-order valence-corrected chi connectivity index (χ1v) is 10.4. The third-order valence-electron chi connectivity index (χ3n) is 6.32. The number of hydrogen-bond acceptors (Lipinski definition) is 3. The van der Waals surface area contributed by atoms with E-state index in [0.717, 1.165) is 43.4 Å². The van der Waals surface area contributed by atoms with Gasteiger partial charge in [0.05, 0.1) is 6.54 Å². The lowest BCUT2D eigenvalue weighted by Gasteiger charge is -2.44. The molecule has 0 aromatic heterocycles. The standard InChI is InChI=1S/C22H33N3O2.ClH/c1-3-11-25(14-20(26)24-19-10-5-4-7-15(19)2)22(27)18-12-16-8-6-9-17(13-18)21(16)23;/h4-5,7,10,16-18,21H,3,6,8-9,11-14,23H2,1-2H3,(H,24,26);1H. The van der Waals surface area contributed by atoms with E-state index in [2.05, 4.69) is 5.32 Å². The Morgan fingerprint density at radius 1 is 1.18 bits per heavy atom. The SMILES string of the molecule is CCCN(CC(=O)Nc1ccccc1C)C(=O)C1CC2CCCC(C1)C2N.Cl. The van der Waals surface area contributed by atoms with Crippen LogP contribution in [0.4, 0.5) is 5.69 Å². The van der Waals surface area contributed by atoms with Gasteiger partial charge in [-0.2, -0.15) is 0 Å². The molecule has 3 rings (SSSR count). The van der Waals surface area contributed by atoms with Crippen LogP contribution in [0.1, 0.15) is 51.0 Å². The van der Waals surface area contributed by atoms with Gasteiger partial charge in [0.15, 0.2) is 0 Å². The first kappa shape index (κ1) is 22.7. The third-order valence-corrected chi connectivity index (χ3v) is 6.32. The van der Waals surface area contributed by atoms with Crippen LogP contribution >= 0.6 is 12.4 Å². The van der Waals surface area contributed by atoms with E-state index in [9.17, 15) is 9.59 Å². The second-order valence-electron chi connectivity index (χ2n) is 8.32. The second-order valence-corrected chi connectivity index (χ2v) is 8.32. The molecule has 2 fully saturated rings. The largest absolute Gasteiger partial charge is 0.333 e. The average Bonchev–Trinajstić information content (AvgIpc) is 2.62. The molecule has 2 saturated carbocycles. The molecular formula is C22H34ClN3O2. The normalized spacial score (nSPS) is 26.1. The van der Waals surface area contributed by atoms with E-state index in [1.165, 1.54) is 6.42 Å². The summed E-state index contributed by atoms with van der Waals surface area (Å²) in [5, 5.41) is 2.95. The summed E-state index contributed by atoms with van der Waals surface area (Å²) in [6.45, 7) is 4.76. The number of halogens is 1. The van der Waals surface area contributed by atoms with E-state index < -0.39 is 0 Å². The fourth-order valence-corrected chi connectivity index (χ4v) is 4.86. The van der Waals surface area contributed by atoms with Crippen LogP contribution in [0.5, 0.6) is 0 Å². The maximum Gasteiger partial charge on any atom is 0.244 e. The number of para-hydroxylation sites is 1. The van der Waals surface area contributed by atoms with E-state index in [0.29, 0.717) is 18.4 Å². The van der Waals surface area contributed by atoms with Crippen molar-refractivity contribution in [1.29, 1.82) is 0 Å². The van der Waals surface area contributed by atoms with Crippen molar-refractivity contribution in [2.45, 2.75) is 58.4 Å². The molecule has 1 aromatic rings. The van der Waals surface area contributed by atoms with Crippen molar-refractivity contribution >= 4 is 29.9 Å². The summed E-state index contributed by atoms with van der Waals surface area (Å²) < 4.78 is 0. The number of hydrogen-bond donors (Lipinski definition) is 2. The lowest BCUT2D eigenvalue weighted by Crippen LogP contribution is -2.50. The van der Waals surface area contributed by atoms with Crippen molar-refractivity contribution in [3.8, 4) is 0 Å². The van der Waals surface area contributed by atoms with Gasteiger partial charge < -0.3 is 16.0 Å². The summed E-state index contributed by atoms with van der Waals surface area (Å²) in [5.74, 6) is 0.976. The average molecular weight is 408 g/mol. The number of fused-ring (bicyclic) bond motifs is 2. The molecule has 2 atom stereocenters. The molecule has 0 saturated heterocycles. The Bertz CT molecular complexity index is 668. The van der Waals surface area contributed by atoms with E-state index in [1.807, 2.05) is 38.1 Å². The van der Waals surface area contributed by atoms with Crippen LogP contribution in [0.3, 0.4) is 0 Å². The zero-order chi connectivity index (χ0) is 19.4. The van der Waals surface area contributed by atoms with Crippen LogP contribution in [0.2, 0.25) is 0 Å². The summed E-state index contributed by atoms with van der Waals surface area (Å²) >= 11 is 0. The number of anilines is 1. The number of nitrogens with zero attached hydrogens (tertiary/aromatic N) is 1. The Labute approximate surface area is 174 Å². The quantitative estimate of drug-likeness (QED) is 0.754. The van der Waals surface area contributed by atoms with Gasteiger partial charge >= 0.3 is 0 Å². The van der Waals surface area contributed by atoms with Gasteiger partial charge in [-0.3, -0.25) is 9.59 Å². The summed E-state index contributed by atoms with van der Waals surface area (Å²) in [4.78, 5) is 27.5. The van der Waals surface area contributed by atoms with Crippen molar-refractivity contribution < 1.29 is 9.59 Å². The highest BCUT2D eigenvalue weighted by Gasteiger charge is 2.41. The Morgan fingerprint density at radius 3 is 2.43 bits per heavy atom. The number of benzene rings is 1. The highest BCUT2D eigenvalue weighted by atomic mass is 35.5. The molecule has 28 heavy (non-hydrogen) atoms. The Hall–Kier alpha value is -1.59. The molecule has 0 radical (unpaired) electrons. The Balaban J connectivity index is 0.00000280. The van der Waals surface area contributed by atoms with E-state index in [-0.39, 0.29) is 42.7 Å². The molecule has 0 spiro atoms. The van der Waals surface area contributed by atoms with Gasteiger partial charge in [-0.1, -0.05) is 31.5 Å². The molecule has 2 amide bonds. The van der Waals surface area contributed by atoms with Gasteiger partial charge in [0.25, 0.3) is 0 Å². The van der Waals surface area contributed by atoms with Gasteiger partial charge in [0.1, 0.15) is 0 Å². The molecule has 1 aromatic carbocycles. The van der Waals surface area contributed by atoms with Gasteiger partial charge in [0.2, 0.25) is 11.8 Å². The monoisotopic (exact) mass is 407 g/mol. The molecule has 2 aliphatic carbocycles. The lowest BCUT2D eigenvalue weighted by atomic mass is 9.65. The predicted molar refractivity (Wildman–Crippen MR) is 115 cm³/mol. The van der Waals surface area contributed by atoms with Crippen LogP contribution in [0.15, 0.2) is 24.3 Å². The molecule has 0 aliphatic heterocycles. The summed E-state index contributed by atoms with van der Waals surface area (Å²) in [5.41, 5.74) is 8.20. The van der Waals surface area contributed by atoms with Crippen molar-refractivity contribution in [3.05, 3.63) is 29.8 Å². The highest BCUT2D eigenvalue weighted by Crippen LogP contribution is 2.42. The summed E-state index contributed by atoms with van der Waals surface area (Å²) in [6.07, 6.45) is 6.14. The fourth-order valence-electron chi connectivity index (χ4n) is 4.86. The van der Waals surface area contributed by atoms with Crippen LogP contribution in [0, 0.1) is 24.7 Å². The maximum absolute atomic E-state index is 13.2. The molecule has 156 valence electrons. The number of carbonyl (C=O) groups is 2. The number of nitrogens with one attached hydrogen (secondary N) is 1. The summed E-state index contributed by atoms with van der Waals surface area (Å²) in [7, 11) is 0. The van der Waals surface area contributed by atoms with Crippen LogP contribution in [0.25, 0.3) is 0 Å². The molecule has 0 heterocycles. The molecule has 6 heteroatoms. The van der Waals surface area contributed by atoms with Crippen LogP contribution < -0.4 is 11.1 Å². The minimum atomic E-state index is -0.126. The molecule has 5 nitrogen and oxygen atoms in total. The number of aryl methyl sites for hydroxylation is 1. The minimum Gasteiger partial charge on any atom is -0.333 e. The lowest BCUT2D eigenvalue weighted by molar-refractivity contribution is -0.141. The molecule has 2 bridgehead atoms. The van der Waals surface area contributed by atoms with E-state index >= 15 is 0 Å². The third kappa shape index (κ3) is 5.26. The number of rotatable bonds is 6. The molecule has 2 unspecified atom stereocenters. The van der Waals surface area contributed by atoms with Crippen LogP contribution in [-0.4, -0.2) is 35.8 Å². The minimum absolute atomic E-state index is 0. The second kappa shape index (κ2) is 10.3. The first-order valence-electron chi connectivity index (χ1n) is 10.4. The van der Waals surface area contributed by atoms with Gasteiger partial charge in [-0.25, -0.2) is 0 Å². The van der Waals surface area contributed by atoms with Gasteiger partial charge in [0, 0.05) is 24.2 Å². The van der Waals surface area contributed by atoms with Gasteiger partial charge in [-0.15, -0.1) is 12.4 Å². The van der Waals surface area contributed by atoms with Crippen molar-refractivity contribution in [2.75, 3.05) is 18.4 Å². The topological polar surface area (TPSA) is 75.4 Å². The molecular weight excluding hydrogens is 374 g/mol. The Morgan fingerprint density at radius 2 is 1.82 bits per heavy atom. The van der Waals surface area contributed by atoms with Crippen LogP contribution in [-0.2, 0) is 9.59 Å². The smallest absolute Gasteiger partial charge is 0.244 e.